The minimum atomic E-state index is -3.58. The van der Waals surface area contributed by atoms with Crippen LogP contribution in [0.2, 0.25) is 0 Å². The number of aryl methyl sites for hydroxylation is 1. The number of ether oxygens (including phenoxy) is 1. The molecular weight excluding hydrogens is 362 g/mol. The van der Waals surface area contributed by atoms with Crippen LogP contribution in [0.1, 0.15) is 30.1 Å². The number of H-pyrrole nitrogens is 1. The number of piperidine rings is 1. The maximum absolute atomic E-state index is 13.1. The molecule has 0 unspecified atom stereocenters. The molecule has 1 aromatic heterocycles. The molecule has 1 fully saturated rings. The molecule has 1 saturated heterocycles. The van der Waals surface area contributed by atoms with E-state index in [2.05, 4.69) is 9.97 Å². The summed E-state index contributed by atoms with van der Waals surface area (Å²) < 4.78 is 33.1. The van der Waals surface area contributed by atoms with Gasteiger partial charge in [0.15, 0.2) is 0 Å². The maximum atomic E-state index is 13.1. The topological polar surface area (TPSA) is 75.3 Å². The molecule has 1 N–H and O–H groups in total. The molecule has 2 heterocycles. The summed E-state index contributed by atoms with van der Waals surface area (Å²) in [6.07, 6.45) is 1.49. The van der Waals surface area contributed by atoms with Crippen molar-refractivity contribution in [1.82, 2.24) is 14.3 Å². The summed E-state index contributed by atoms with van der Waals surface area (Å²) in [5, 5.41) is 0. The quantitative estimate of drug-likeness (QED) is 0.746. The molecule has 0 spiro atoms. The lowest BCUT2D eigenvalue weighted by Gasteiger charge is -2.30. The van der Waals surface area contributed by atoms with Gasteiger partial charge in [-0.1, -0.05) is 18.2 Å². The van der Waals surface area contributed by atoms with Crippen LogP contribution in [0.3, 0.4) is 0 Å². The molecule has 142 valence electrons. The number of rotatable bonds is 4. The fourth-order valence-electron chi connectivity index (χ4n) is 3.66. The molecule has 4 rings (SSSR count). The number of hydrogen-bond donors (Lipinski definition) is 1. The van der Waals surface area contributed by atoms with Crippen molar-refractivity contribution in [2.24, 2.45) is 0 Å². The van der Waals surface area contributed by atoms with Crippen LogP contribution in [0.25, 0.3) is 11.0 Å². The predicted molar refractivity (Wildman–Crippen MR) is 105 cm³/mol. The van der Waals surface area contributed by atoms with E-state index in [1.54, 1.807) is 16.4 Å². The van der Waals surface area contributed by atoms with E-state index >= 15 is 0 Å². The Hall–Kier alpha value is -2.38. The van der Waals surface area contributed by atoms with Gasteiger partial charge in [0.1, 0.15) is 16.5 Å². The third-order valence-electron chi connectivity index (χ3n) is 5.19. The van der Waals surface area contributed by atoms with E-state index < -0.39 is 10.0 Å². The standard InChI is InChI=1S/C20H23N3O3S/c1-14-7-8-18(26-2)19(13-14)27(24,25)23-11-9-15(10-12-23)20-21-16-5-3-4-6-17(16)22-20/h3-8,13,15H,9-12H2,1-2H3,(H,21,22). The average molecular weight is 385 g/mol. The van der Waals surface area contributed by atoms with Gasteiger partial charge in [0.25, 0.3) is 0 Å². The van der Waals surface area contributed by atoms with Crippen LogP contribution < -0.4 is 4.74 Å². The third-order valence-corrected chi connectivity index (χ3v) is 7.11. The summed E-state index contributed by atoms with van der Waals surface area (Å²) in [7, 11) is -2.08. The molecule has 6 nitrogen and oxygen atoms in total. The van der Waals surface area contributed by atoms with Crippen molar-refractivity contribution >= 4 is 21.1 Å². The highest BCUT2D eigenvalue weighted by Gasteiger charge is 2.32. The second kappa shape index (κ2) is 6.98. The summed E-state index contributed by atoms with van der Waals surface area (Å²) in [6, 6.07) is 13.2. The van der Waals surface area contributed by atoms with Gasteiger partial charge in [0, 0.05) is 19.0 Å². The largest absolute Gasteiger partial charge is 0.495 e. The predicted octanol–water partition coefficient (Wildman–Crippen LogP) is 3.45. The van der Waals surface area contributed by atoms with E-state index in [9.17, 15) is 8.42 Å². The van der Waals surface area contributed by atoms with Gasteiger partial charge in [0.2, 0.25) is 10.0 Å². The van der Waals surface area contributed by atoms with E-state index in [0.717, 1.165) is 35.3 Å². The van der Waals surface area contributed by atoms with Crippen LogP contribution in [0, 0.1) is 6.92 Å². The normalized spacial score (nSPS) is 16.7. The number of aromatic amines is 1. The van der Waals surface area contributed by atoms with Crippen molar-refractivity contribution in [3.8, 4) is 5.75 Å². The lowest BCUT2D eigenvalue weighted by Crippen LogP contribution is -2.38. The molecule has 1 aliphatic rings. The minimum Gasteiger partial charge on any atom is -0.495 e. The zero-order valence-corrected chi connectivity index (χ0v) is 16.3. The highest BCUT2D eigenvalue weighted by Crippen LogP contribution is 2.33. The maximum Gasteiger partial charge on any atom is 0.246 e. The first kappa shape index (κ1) is 18.0. The highest BCUT2D eigenvalue weighted by atomic mass is 32.2. The molecule has 0 saturated carbocycles. The molecule has 2 aromatic carbocycles. The van der Waals surface area contributed by atoms with Crippen molar-refractivity contribution in [2.45, 2.75) is 30.6 Å². The molecule has 0 amide bonds. The van der Waals surface area contributed by atoms with E-state index in [-0.39, 0.29) is 10.8 Å². The Morgan fingerprint density at radius 2 is 1.89 bits per heavy atom. The second-order valence-corrected chi connectivity index (χ2v) is 8.88. The Bertz CT molecular complexity index is 1030. The molecule has 27 heavy (non-hydrogen) atoms. The molecular formula is C20H23N3O3S. The Kier molecular flexibility index (Phi) is 4.65. The minimum absolute atomic E-state index is 0.239. The summed E-state index contributed by atoms with van der Waals surface area (Å²) in [6.45, 7) is 2.83. The van der Waals surface area contributed by atoms with Crippen LogP contribution in [-0.2, 0) is 10.0 Å². The summed E-state index contributed by atoms with van der Waals surface area (Å²) in [4.78, 5) is 8.30. The number of benzene rings is 2. The van der Waals surface area contributed by atoms with Gasteiger partial charge in [-0.15, -0.1) is 0 Å². The van der Waals surface area contributed by atoms with Crippen molar-refractivity contribution < 1.29 is 13.2 Å². The number of para-hydroxylation sites is 2. The number of imidazole rings is 1. The zero-order valence-electron chi connectivity index (χ0n) is 15.5. The first-order valence-electron chi connectivity index (χ1n) is 9.08. The van der Waals surface area contributed by atoms with Crippen molar-refractivity contribution in [1.29, 1.82) is 0 Å². The van der Waals surface area contributed by atoms with Gasteiger partial charge >= 0.3 is 0 Å². The van der Waals surface area contributed by atoms with Crippen LogP contribution in [0.15, 0.2) is 47.4 Å². The van der Waals surface area contributed by atoms with E-state index in [4.69, 9.17) is 4.74 Å². The monoisotopic (exact) mass is 385 g/mol. The lowest BCUT2D eigenvalue weighted by atomic mass is 9.97. The molecule has 0 aliphatic carbocycles. The Balaban J connectivity index is 1.54. The van der Waals surface area contributed by atoms with Gasteiger partial charge in [0.05, 0.1) is 18.1 Å². The van der Waals surface area contributed by atoms with Crippen LogP contribution in [-0.4, -0.2) is 42.9 Å². The number of hydrogen-bond acceptors (Lipinski definition) is 4. The Morgan fingerprint density at radius 1 is 1.15 bits per heavy atom. The smallest absolute Gasteiger partial charge is 0.246 e. The lowest BCUT2D eigenvalue weighted by molar-refractivity contribution is 0.312. The fraction of sp³-hybridized carbons (Fsp3) is 0.350. The van der Waals surface area contributed by atoms with Gasteiger partial charge in [-0.2, -0.15) is 4.31 Å². The van der Waals surface area contributed by atoms with E-state index in [0.29, 0.717) is 18.8 Å². The highest BCUT2D eigenvalue weighted by molar-refractivity contribution is 7.89. The number of fused-ring (bicyclic) bond motifs is 1. The molecule has 1 aliphatic heterocycles. The van der Waals surface area contributed by atoms with Crippen molar-refractivity contribution in [3.63, 3.8) is 0 Å². The van der Waals surface area contributed by atoms with Gasteiger partial charge in [-0.25, -0.2) is 13.4 Å². The van der Waals surface area contributed by atoms with Crippen molar-refractivity contribution in [2.75, 3.05) is 20.2 Å². The summed E-state index contributed by atoms with van der Waals surface area (Å²) in [5.41, 5.74) is 2.87. The number of aromatic nitrogens is 2. The SMILES string of the molecule is COc1ccc(C)cc1S(=O)(=O)N1CCC(c2nc3ccccc3[nH]2)CC1. The van der Waals surface area contributed by atoms with Gasteiger partial charge in [-0.05, 0) is 49.6 Å². The first-order valence-corrected chi connectivity index (χ1v) is 10.5. The fourth-order valence-corrected chi connectivity index (χ4v) is 5.37. The summed E-state index contributed by atoms with van der Waals surface area (Å²) >= 11 is 0. The first-order chi connectivity index (χ1) is 13.0. The Labute approximate surface area is 159 Å². The van der Waals surface area contributed by atoms with Crippen LogP contribution >= 0.6 is 0 Å². The molecule has 0 atom stereocenters. The van der Waals surface area contributed by atoms with Gasteiger partial charge in [-0.3, -0.25) is 0 Å². The molecule has 0 radical (unpaired) electrons. The van der Waals surface area contributed by atoms with Gasteiger partial charge < -0.3 is 9.72 Å². The zero-order chi connectivity index (χ0) is 19.0. The number of nitrogens with one attached hydrogen (secondary N) is 1. The summed E-state index contributed by atoms with van der Waals surface area (Å²) in [5.74, 6) is 1.57. The molecule has 7 heteroatoms. The van der Waals surface area contributed by atoms with Crippen LogP contribution in [0.5, 0.6) is 5.75 Å². The Morgan fingerprint density at radius 3 is 2.59 bits per heavy atom. The molecule has 0 bridgehead atoms. The van der Waals surface area contributed by atoms with E-state index in [1.807, 2.05) is 37.3 Å². The second-order valence-electron chi connectivity index (χ2n) is 6.97. The number of nitrogens with zero attached hydrogens (tertiary/aromatic N) is 2. The number of methoxy groups -OCH3 is 1. The van der Waals surface area contributed by atoms with E-state index in [1.165, 1.54) is 7.11 Å². The number of sulfonamides is 1. The third kappa shape index (κ3) is 3.33. The van der Waals surface area contributed by atoms with Crippen molar-refractivity contribution in [3.05, 3.63) is 53.9 Å². The molecule has 3 aromatic rings. The average Bonchev–Trinajstić information content (AvgIpc) is 3.12. The van der Waals surface area contributed by atoms with Crippen LogP contribution in [0.4, 0.5) is 0 Å².